The predicted octanol–water partition coefficient (Wildman–Crippen LogP) is 5.38. The average molecular weight is 300 g/mol. The molecule has 2 nitrogen and oxygen atoms in total. The number of hydrogen-bond acceptors (Lipinski definition) is 2. The lowest BCUT2D eigenvalue weighted by molar-refractivity contribution is 0.470. The van der Waals surface area contributed by atoms with E-state index in [4.69, 9.17) is 0 Å². The maximum absolute atomic E-state index is 10.6. The molecular formula is C21H16O2. The fourth-order valence-corrected chi connectivity index (χ4v) is 3.33. The lowest BCUT2D eigenvalue weighted by Crippen LogP contribution is -1.88. The maximum atomic E-state index is 10.6. The second kappa shape index (κ2) is 5.03. The molecule has 0 bridgehead atoms. The molecule has 0 aliphatic rings. The van der Waals surface area contributed by atoms with Crippen molar-refractivity contribution in [3.8, 4) is 22.6 Å². The lowest BCUT2D eigenvalue weighted by atomic mass is 9.90. The molecule has 0 amide bonds. The highest BCUT2D eigenvalue weighted by Crippen LogP contribution is 2.45. The number of phenols is 2. The number of benzene rings is 4. The third-order valence-electron chi connectivity index (χ3n) is 4.39. The monoisotopic (exact) mass is 300 g/mol. The van der Waals surface area contributed by atoms with Gasteiger partial charge in [-0.2, -0.15) is 0 Å². The number of fused-ring (bicyclic) bond motifs is 2. The van der Waals surface area contributed by atoms with Crippen molar-refractivity contribution >= 4 is 21.5 Å². The van der Waals surface area contributed by atoms with Gasteiger partial charge in [0, 0.05) is 11.1 Å². The number of hydrogen-bond donors (Lipinski definition) is 2. The van der Waals surface area contributed by atoms with Crippen LogP contribution in [0.2, 0.25) is 0 Å². The quantitative estimate of drug-likeness (QED) is 0.495. The number of phenolic OH excluding ortho intramolecular Hbond substituents is 2. The first-order chi connectivity index (χ1) is 11.2. The van der Waals surface area contributed by atoms with E-state index in [1.54, 1.807) is 12.1 Å². The summed E-state index contributed by atoms with van der Waals surface area (Å²) in [5.74, 6) is 0.355. The Morgan fingerprint density at radius 2 is 1.26 bits per heavy atom. The summed E-state index contributed by atoms with van der Waals surface area (Å²) in [6.45, 7) is 2.02. The van der Waals surface area contributed by atoms with E-state index in [1.165, 1.54) is 0 Å². The van der Waals surface area contributed by atoms with E-state index in [0.29, 0.717) is 11.1 Å². The molecule has 0 spiro atoms. The van der Waals surface area contributed by atoms with Crippen molar-refractivity contribution in [1.29, 1.82) is 0 Å². The molecule has 2 N–H and O–H groups in total. The third kappa shape index (κ3) is 2.03. The lowest BCUT2D eigenvalue weighted by Gasteiger charge is -2.15. The Balaban J connectivity index is 2.24. The van der Waals surface area contributed by atoms with E-state index in [0.717, 1.165) is 27.1 Å². The summed E-state index contributed by atoms with van der Waals surface area (Å²) in [5.41, 5.74) is 2.44. The van der Waals surface area contributed by atoms with Crippen LogP contribution in [0.3, 0.4) is 0 Å². The third-order valence-corrected chi connectivity index (χ3v) is 4.39. The predicted molar refractivity (Wildman–Crippen MR) is 95.0 cm³/mol. The normalized spacial score (nSPS) is 11.2. The minimum absolute atomic E-state index is 0.176. The van der Waals surface area contributed by atoms with Crippen LogP contribution in [0.15, 0.2) is 66.7 Å². The van der Waals surface area contributed by atoms with E-state index in [-0.39, 0.29) is 11.5 Å². The molecule has 0 heterocycles. The van der Waals surface area contributed by atoms with Gasteiger partial charge < -0.3 is 10.2 Å². The van der Waals surface area contributed by atoms with Crippen LogP contribution >= 0.6 is 0 Å². The van der Waals surface area contributed by atoms with Crippen LogP contribution < -0.4 is 0 Å². The van der Waals surface area contributed by atoms with Crippen molar-refractivity contribution in [2.45, 2.75) is 6.92 Å². The van der Waals surface area contributed by atoms with Crippen molar-refractivity contribution in [2.75, 3.05) is 0 Å². The molecule has 0 aromatic heterocycles. The molecule has 23 heavy (non-hydrogen) atoms. The first kappa shape index (κ1) is 13.6. The molecule has 0 atom stereocenters. The van der Waals surface area contributed by atoms with Crippen LogP contribution in [0.1, 0.15) is 5.56 Å². The van der Waals surface area contributed by atoms with Crippen LogP contribution in [-0.2, 0) is 0 Å². The van der Waals surface area contributed by atoms with Gasteiger partial charge in [-0.3, -0.25) is 0 Å². The molecule has 4 rings (SSSR count). The van der Waals surface area contributed by atoms with Crippen LogP contribution in [-0.4, -0.2) is 10.2 Å². The van der Waals surface area contributed by atoms with Crippen molar-refractivity contribution in [2.24, 2.45) is 0 Å². The smallest absolute Gasteiger partial charge is 0.124 e. The zero-order valence-corrected chi connectivity index (χ0v) is 12.7. The van der Waals surface area contributed by atoms with E-state index in [1.807, 2.05) is 61.5 Å². The van der Waals surface area contributed by atoms with E-state index in [2.05, 4.69) is 0 Å². The summed E-state index contributed by atoms with van der Waals surface area (Å²) < 4.78 is 0. The zero-order chi connectivity index (χ0) is 16.0. The molecule has 4 aromatic carbocycles. The molecule has 0 saturated carbocycles. The second-order valence-corrected chi connectivity index (χ2v) is 5.81. The number of aryl methyl sites for hydroxylation is 1. The second-order valence-electron chi connectivity index (χ2n) is 5.81. The fraction of sp³-hybridized carbons (Fsp3) is 0.0476. The fourth-order valence-electron chi connectivity index (χ4n) is 3.33. The van der Waals surface area contributed by atoms with Gasteiger partial charge in [0.25, 0.3) is 0 Å². The number of aromatic hydroxyl groups is 2. The highest BCUT2D eigenvalue weighted by atomic mass is 16.3. The SMILES string of the molecule is Cc1cccc2ccc(O)c(-c3c(O)ccc4ccccc34)c12. The minimum atomic E-state index is 0.176. The van der Waals surface area contributed by atoms with E-state index in [9.17, 15) is 10.2 Å². The number of rotatable bonds is 1. The molecule has 112 valence electrons. The molecule has 0 aliphatic heterocycles. The Morgan fingerprint density at radius 3 is 2.09 bits per heavy atom. The topological polar surface area (TPSA) is 40.5 Å². The van der Waals surface area contributed by atoms with Crippen molar-refractivity contribution < 1.29 is 10.2 Å². The summed E-state index contributed by atoms with van der Waals surface area (Å²) >= 11 is 0. The highest BCUT2D eigenvalue weighted by molar-refractivity contribution is 6.10. The summed E-state index contributed by atoms with van der Waals surface area (Å²) in [6.07, 6.45) is 0. The Labute approximate surface area is 134 Å². The van der Waals surface area contributed by atoms with E-state index >= 15 is 0 Å². The summed E-state index contributed by atoms with van der Waals surface area (Å²) in [4.78, 5) is 0. The molecule has 2 heteroatoms. The van der Waals surface area contributed by atoms with Gasteiger partial charge in [-0.25, -0.2) is 0 Å². The highest BCUT2D eigenvalue weighted by Gasteiger charge is 2.17. The summed E-state index contributed by atoms with van der Waals surface area (Å²) in [5, 5.41) is 25.1. The molecular weight excluding hydrogens is 284 g/mol. The maximum Gasteiger partial charge on any atom is 0.124 e. The average Bonchev–Trinajstić information content (AvgIpc) is 2.56. The van der Waals surface area contributed by atoms with Crippen LogP contribution in [0.5, 0.6) is 11.5 Å². The molecule has 4 aromatic rings. The van der Waals surface area contributed by atoms with Gasteiger partial charge in [0.1, 0.15) is 11.5 Å². The zero-order valence-electron chi connectivity index (χ0n) is 12.7. The standard InChI is InChI=1S/C21H16O2/c1-13-5-4-7-15-10-12-18(23)21(19(13)15)20-16-8-3-2-6-14(16)9-11-17(20)22/h2-12,22-23H,1H3. The first-order valence-corrected chi connectivity index (χ1v) is 7.59. The van der Waals surface area contributed by atoms with E-state index < -0.39 is 0 Å². The molecule has 0 fully saturated rings. The molecule has 0 saturated heterocycles. The van der Waals surface area contributed by atoms with Gasteiger partial charge in [0.05, 0.1) is 0 Å². The molecule has 0 aliphatic carbocycles. The Kier molecular flexibility index (Phi) is 2.98. The largest absolute Gasteiger partial charge is 0.507 e. The Morgan fingerprint density at radius 1 is 0.609 bits per heavy atom. The van der Waals surface area contributed by atoms with Gasteiger partial charge in [-0.05, 0) is 46.2 Å². The minimum Gasteiger partial charge on any atom is -0.507 e. The molecule has 0 unspecified atom stereocenters. The van der Waals surface area contributed by atoms with Crippen molar-refractivity contribution in [1.82, 2.24) is 0 Å². The summed E-state index contributed by atoms with van der Waals surface area (Å²) in [6, 6.07) is 21.1. The Bertz CT molecular complexity index is 1050. The first-order valence-electron chi connectivity index (χ1n) is 7.59. The van der Waals surface area contributed by atoms with Gasteiger partial charge in [-0.1, -0.05) is 54.6 Å². The Hall–Kier alpha value is -3.00. The van der Waals surface area contributed by atoms with Gasteiger partial charge in [-0.15, -0.1) is 0 Å². The van der Waals surface area contributed by atoms with Crippen molar-refractivity contribution in [3.05, 3.63) is 72.3 Å². The van der Waals surface area contributed by atoms with Gasteiger partial charge in [0.15, 0.2) is 0 Å². The van der Waals surface area contributed by atoms with Crippen molar-refractivity contribution in [3.63, 3.8) is 0 Å². The van der Waals surface area contributed by atoms with Crippen LogP contribution in [0.25, 0.3) is 32.7 Å². The van der Waals surface area contributed by atoms with Gasteiger partial charge >= 0.3 is 0 Å². The molecule has 0 radical (unpaired) electrons. The summed E-state index contributed by atoms with van der Waals surface area (Å²) in [7, 11) is 0. The van der Waals surface area contributed by atoms with Crippen LogP contribution in [0, 0.1) is 6.92 Å². The van der Waals surface area contributed by atoms with Crippen LogP contribution in [0.4, 0.5) is 0 Å². The van der Waals surface area contributed by atoms with Gasteiger partial charge in [0.2, 0.25) is 0 Å².